The molecule has 1 aromatic heterocycles. The van der Waals surface area contributed by atoms with Crippen LogP contribution in [0.25, 0.3) is 0 Å². The van der Waals surface area contributed by atoms with Crippen molar-refractivity contribution < 1.29 is 19.4 Å². The van der Waals surface area contributed by atoms with Crippen LogP contribution in [0.1, 0.15) is 43.9 Å². The zero-order valence-corrected chi connectivity index (χ0v) is 22.7. The minimum absolute atomic E-state index is 0.0102. The van der Waals surface area contributed by atoms with Crippen LogP contribution in [-0.4, -0.2) is 70.5 Å². The summed E-state index contributed by atoms with van der Waals surface area (Å²) in [4.78, 5) is 23.4. The fraction of sp³-hybridized carbons (Fsp3) is 0.654. The molecule has 2 aliphatic heterocycles. The number of rotatable bonds is 11. The number of hydrogen-bond donors (Lipinski definition) is 4. The quantitative estimate of drug-likeness (QED) is 0.339. The molecule has 0 unspecified atom stereocenters. The molecule has 9 nitrogen and oxygen atoms in total. The van der Waals surface area contributed by atoms with Gasteiger partial charge in [0.15, 0.2) is 8.32 Å². The molecule has 0 spiro atoms. The minimum atomic E-state index is -2.43. The van der Waals surface area contributed by atoms with Gasteiger partial charge in [-0.1, -0.05) is 24.3 Å². The molecule has 0 radical (unpaired) electrons. The predicted molar refractivity (Wildman–Crippen MR) is 141 cm³/mol. The molecule has 4 N–H and O–H groups in total. The van der Waals surface area contributed by atoms with Crippen molar-refractivity contribution in [2.75, 3.05) is 18.5 Å². The van der Waals surface area contributed by atoms with E-state index in [1.165, 1.54) is 5.56 Å². The third-order valence-corrected chi connectivity index (χ3v) is 10.2. The van der Waals surface area contributed by atoms with E-state index >= 15 is 0 Å². The molecular weight excluding hydrogens is 474 g/mol. The predicted octanol–water partition coefficient (Wildman–Crippen LogP) is 2.50. The average Bonchev–Trinajstić information content (AvgIpc) is 3.58. The Morgan fingerprint density at radius 3 is 2.67 bits per heavy atom. The highest BCUT2D eigenvalue weighted by atomic mass is 28.4. The Balaban J connectivity index is 1.31. The number of hydrogen-bond acceptors (Lipinski definition) is 7. The second-order valence-electron chi connectivity index (χ2n) is 10.9. The first kappa shape index (κ1) is 26.9. The minimum Gasteiger partial charge on any atom is -0.432 e. The van der Waals surface area contributed by atoms with Crippen LogP contribution < -0.4 is 10.6 Å². The van der Waals surface area contributed by atoms with Crippen LogP contribution in [0, 0.1) is 5.92 Å². The lowest BCUT2D eigenvalue weighted by atomic mass is 9.95. The van der Waals surface area contributed by atoms with Crippen molar-refractivity contribution in [3.8, 4) is 0 Å². The zero-order chi connectivity index (χ0) is 25.7. The molecule has 198 valence electrons. The molecule has 10 heteroatoms. The second kappa shape index (κ2) is 12.0. The number of anilines is 1. The number of ether oxygens (including phenoxy) is 1. The maximum atomic E-state index is 12.3. The Hall–Kier alpha value is -2.11. The van der Waals surface area contributed by atoms with Gasteiger partial charge < -0.3 is 25.3 Å². The lowest BCUT2D eigenvalue weighted by molar-refractivity contribution is -0.117. The molecular formula is C26H41N5O4Si. The summed E-state index contributed by atoms with van der Waals surface area (Å²) in [7, 11) is -2.43. The SMILES string of the molecule is C[C@@H]1[C@@H]([Si](C)(C)O)[C@H](CCn2cc(CCO)nn2)O[C@@H]1CCc1ccc(NC(=O)[C@H]2CCCN2)cc1. The number of carbonyl (C=O) groups excluding carboxylic acids is 1. The van der Waals surface area contributed by atoms with Crippen molar-refractivity contribution in [2.45, 2.75) is 88.9 Å². The van der Waals surface area contributed by atoms with Crippen LogP contribution in [0.2, 0.25) is 18.6 Å². The fourth-order valence-electron chi connectivity index (χ4n) is 5.82. The summed E-state index contributed by atoms with van der Waals surface area (Å²) < 4.78 is 8.36. The average molecular weight is 516 g/mol. The Morgan fingerprint density at radius 1 is 1.22 bits per heavy atom. The van der Waals surface area contributed by atoms with E-state index < -0.39 is 8.32 Å². The number of nitrogens with one attached hydrogen (secondary N) is 2. The highest BCUT2D eigenvalue weighted by Gasteiger charge is 2.49. The fourth-order valence-corrected chi connectivity index (χ4v) is 8.47. The Bertz CT molecular complexity index is 987. The standard InChI is InChI=1S/C26H41N5O4Si/c1-18-23(11-8-19-6-9-20(10-7-19)28-26(33)22-5-4-14-27-22)35-24(25(18)36(2,3)34)12-15-31-17-21(13-16-32)29-30-31/h6-7,9-10,17-18,22-25,27,32,34H,4-5,8,11-16H2,1-3H3,(H,28,33)/t18-,22+,23+,24-,25+/m0/s1. The molecule has 2 aromatic rings. The molecule has 1 aromatic carbocycles. The van der Waals surface area contributed by atoms with Crippen LogP contribution >= 0.6 is 0 Å². The molecule has 0 aliphatic carbocycles. The number of aliphatic hydroxyl groups excluding tert-OH is 1. The van der Waals surface area contributed by atoms with Gasteiger partial charge in [0.05, 0.1) is 23.9 Å². The summed E-state index contributed by atoms with van der Waals surface area (Å²) in [6.45, 7) is 7.87. The van der Waals surface area contributed by atoms with Crippen molar-refractivity contribution in [1.82, 2.24) is 20.3 Å². The van der Waals surface area contributed by atoms with E-state index in [0.717, 1.165) is 50.0 Å². The molecule has 3 heterocycles. The van der Waals surface area contributed by atoms with Gasteiger partial charge in [-0.15, -0.1) is 5.10 Å². The number of nitrogens with zero attached hydrogens (tertiary/aromatic N) is 3. The van der Waals surface area contributed by atoms with Crippen molar-refractivity contribution in [1.29, 1.82) is 0 Å². The van der Waals surface area contributed by atoms with E-state index in [-0.39, 0.29) is 42.2 Å². The van der Waals surface area contributed by atoms with E-state index in [1.807, 2.05) is 31.4 Å². The molecule has 2 aliphatic rings. The van der Waals surface area contributed by atoms with Gasteiger partial charge >= 0.3 is 0 Å². The number of amides is 1. The molecule has 1 amide bonds. The molecule has 0 bridgehead atoms. The number of aromatic nitrogens is 3. The van der Waals surface area contributed by atoms with Crippen LogP contribution in [0.4, 0.5) is 5.69 Å². The van der Waals surface area contributed by atoms with Gasteiger partial charge in [-0.05, 0) is 75.4 Å². The van der Waals surface area contributed by atoms with Crippen molar-refractivity contribution in [2.24, 2.45) is 5.92 Å². The van der Waals surface area contributed by atoms with E-state index in [1.54, 1.807) is 4.68 Å². The van der Waals surface area contributed by atoms with Gasteiger partial charge in [0.1, 0.15) is 0 Å². The largest absolute Gasteiger partial charge is 0.432 e. The van der Waals surface area contributed by atoms with Crippen LogP contribution in [0.3, 0.4) is 0 Å². The van der Waals surface area contributed by atoms with Gasteiger partial charge in [-0.2, -0.15) is 0 Å². The van der Waals surface area contributed by atoms with Crippen molar-refractivity contribution >= 4 is 19.9 Å². The van der Waals surface area contributed by atoms with Gasteiger partial charge in [0, 0.05) is 37.0 Å². The van der Waals surface area contributed by atoms with E-state index in [9.17, 15) is 9.59 Å². The summed E-state index contributed by atoms with van der Waals surface area (Å²) in [5.74, 6) is 0.316. The summed E-state index contributed by atoms with van der Waals surface area (Å²) in [6.07, 6.45) is 6.94. The Kier molecular flexibility index (Phi) is 8.95. The first-order valence-corrected chi connectivity index (χ1v) is 16.3. The topological polar surface area (TPSA) is 122 Å². The third kappa shape index (κ3) is 6.80. The molecule has 36 heavy (non-hydrogen) atoms. The van der Waals surface area contributed by atoms with Gasteiger partial charge in [-0.3, -0.25) is 9.48 Å². The van der Waals surface area contributed by atoms with Crippen LogP contribution in [0.5, 0.6) is 0 Å². The highest BCUT2D eigenvalue weighted by molar-refractivity contribution is 6.71. The summed E-state index contributed by atoms with van der Waals surface area (Å²) in [5, 5.41) is 23.6. The van der Waals surface area contributed by atoms with Crippen LogP contribution in [-0.2, 0) is 28.9 Å². The second-order valence-corrected chi connectivity index (χ2v) is 14.8. The number of aryl methyl sites for hydroxylation is 2. The summed E-state index contributed by atoms with van der Waals surface area (Å²) >= 11 is 0. The summed E-state index contributed by atoms with van der Waals surface area (Å²) in [5.41, 5.74) is 2.98. The number of carbonyl (C=O) groups is 1. The van der Waals surface area contributed by atoms with E-state index in [2.05, 4.69) is 40.0 Å². The Morgan fingerprint density at radius 2 is 2.00 bits per heavy atom. The lowest BCUT2D eigenvalue weighted by Crippen LogP contribution is -2.40. The molecule has 5 atom stereocenters. The van der Waals surface area contributed by atoms with Gasteiger partial charge in [-0.25, -0.2) is 0 Å². The molecule has 4 rings (SSSR count). The maximum absolute atomic E-state index is 12.3. The smallest absolute Gasteiger partial charge is 0.241 e. The van der Waals surface area contributed by atoms with Crippen molar-refractivity contribution in [3.05, 3.63) is 41.7 Å². The normalized spacial score (nSPS) is 26.4. The van der Waals surface area contributed by atoms with Gasteiger partial charge in [0.2, 0.25) is 5.91 Å². The lowest BCUT2D eigenvalue weighted by Gasteiger charge is -2.30. The molecule has 2 fully saturated rings. The number of benzene rings is 1. The van der Waals surface area contributed by atoms with E-state index in [0.29, 0.717) is 13.0 Å². The first-order chi connectivity index (χ1) is 17.2. The zero-order valence-electron chi connectivity index (χ0n) is 21.7. The van der Waals surface area contributed by atoms with Crippen molar-refractivity contribution in [3.63, 3.8) is 0 Å². The first-order valence-electron chi connectivity index (χ1n) is 13.3. The molecule has 2 saturated heterocycles. The van der Waals surface area contributed by atoms with E-state index in [4.69, 9.17) is 9.84 Å². The molecule has 0 saturated carbocycles. The monoisotopic (exact) mass is 515 g/mol. The highest BCUT2D eigenvalue weighted by Crippen LogP contribution is 2.45. The maximum Gasteiger partial charge on any atom is 0.241 e. The van der Waals surface area contributed by atoms with Crippen LogP contribution in [0.15, 0.2) is 30.5 Å². The third-order valence-electron chi connectivity index (χ3n) is 7.63. The van der Waals surface area contributed by atoms with Gasteiger partial charge in [0.25, 0.3) is 0 Å². The summed E-state index contributed by atoms with van der Waals surface area (Å²) in [6, 6.07) is 8.01. The Labute approximate surface area is 214 Å². The number of aliphatic hydroxyl groups is 1.